The molecule has 1 saturated heterocycles. The van der Waals surface area contributed by atoms with Gasteiger partial charge in [-0.15, -0.1) is 0 Å². The smallest absolute Gasteiger partial charge is 0.342 e. The van der Waals surface area contributed by atoms with E-state index < -0.39 is 23.7 Å². The van der Waals surface area contributed by atoms with Crippen LogP contribution in [0.1, 0.15) is 64.8 Å². The third-order valence-corrected chi connectivity index (χ3v) is 6.30. The molecule has 1 fully saturated rings. The lowest BCUT2D eigenvalue weighted by atomic mass is 9.99. The summed E-state index contributed by atoms with van der Waals surface area (Å²) in [7, 11) is 0. The van der Waals surface area contributed by atoms with Crippen LogP contribution in [-0.2, 0) is 6.18 Å². The Balaban J connectivity index is 1.48. The monoisotopic (exact) mass is 520 g/mol. The maximum atomic E-state index is 13.1. The number of hydrogen-bond donors (Lipinski definition) is 1. The highest BCUT2D eigenvalue weighted by molar-refractivity contribution is 6.31. The van der Waals surface area contributed by atoms with Gasteiger partial charge in [0.25, 0.3) is 11.8 Å². The number of rotatable bonds is 5. The molecule has 0 unspecified atom stereocenters. The molecule has 1 aliphatic heterocycles. The number of carbonyl (C=O) groups is 2. The van der Waals surface area contributed by atoms with E-state index in [2.05, 4.69) is 27.3 Å². The van der Waals surface area contributed by atoms with Gasteiger partial charge in [-0.3, -0.25) is 9.59 Å². The quantitative estimate of drug-likeness (QED) is 0.526. The molecule has 1 atom stereocenters. The predicted octanol–water partition coefficient (Wildman–Crippen LogP) is 4.70. The highest BCUT2D eigenvalue weighted by Gasteiger charge is 2.32. The highest BCUT2D eigenvalue weighted by Crippen LogP contribution is 2.32. The number of aromatic nitrogens is 4. The standard InChI is InChI=1S/C24H24ClF3N6O2/c1-14-5-7-33(8-6-14)23(36)16-3-4-20(29-12-16)34-21(30-13-31-34)15(2)32-22(35)17-9-18(24(26,27)28)11-19(25)10-17/h3-4,9-15H,5-8H2,1-2H3,(H,32,35)/t15-/m0/s1. The molecule has 2 aromatic heterocycles. The lowest BCUT2D eigenvalue weighted by molar-refractivity contribution is -0.137. The first-order valence-electron chi connectivity index (χ1n) is 11.4. The van der Waals surface area contributed by atoms with Crippen LogP contribution in [0.25, 0.3) is 5.82 Å². The van der Waals surface area contributed by atoms with Gasteiger partial charge in [0, 0.05) is 29.9 Å². The minimum absolute atomic E-state index is 0.0832. The van der Waals surface area contributed by atoms with Crippen LogP contribution in [0.15, 0.2) is 42.9 Å². The van der Waals surface area contributed by atoms with Crippen molar-refractivity contribution in [3.05, 3.63) is 70.4 Å². The van der Waals surface area contributed by atoms with Crippen LogP contribution < -0.4 is 5.32 Å². The maximum Gasteiger partial charge on any atom is 0.416 e. The van der Waals surface area contributed by atoms with E-state index in [1.807, 2.05) is 4.90 Å². The molecule has 8 nitrogen and oxygen atoms in total. The van der Waals surface area contributed by atoms with E-state index in [1.54, 1.807) is 19.1 Å². The molecule has 0 spiro atoms. The molecule has 0 saturated carbocycles. The van der Waals surface area contributed by atoms with E-state index in [-0.39, 0.29) is 16.5 Å². The molecule has 3 aromatic rings. The molecule has 0 aliphatic carbocycles. The average molecular weight is 521 g/mol. The zero-order chi connectivity index (χ0) is 26.0. The molecule has 1 aromatic carbocycles. The van der Waals surface area contributed by atoms with Crippen LogP contribution in [-0.4, -0.2) is 49.6 Å². The summed E-state index contributed by atoms with van der Waals surface area (Å²) in [5.41, 5.74) is -0.799. The van der Waals surface area contributed by atoms with E-state index >= 15 is 0 Å². The lowest BCUT2D eigenvalue weighted by Crippen LogP contribution is -2.37. The van der Waals surface area contributed by atoms with Gasteiger partial charge >= 0.3 is 6.18 Å². The Labute approximate surface area is 210 Å². The number of halogens is 4. The topological polar surface area (TPSA) is 93.0 Å². The summed E-state index contributed by atoms with van der Waals surface area (Å²) in [6, 6.07) is 5.19. The van der Waals surface area contributed by atoms with Crippen LogP contribution in [0.2, 0.25) is 5.02 Å². The minimum Gasteiger partial charge on any atom is -0.342 e. The van der Waals surface area contributed by atoms with Crippen molar-refractivity contribution in [2.45, 2.75) is 38.9 Å². The SMILES string of the molecule is CC1CCN(C(=O)c2ccc(-n3ncnc3[C@H](C)NC(=O)c3cc(Cl)cc(C(F)(F)F)c3)nc2)CC1. The highest BCUT2D eigenvalue weighted by atomic mass is 35.5. The zero-order valence-corrected chi connectivity index (χ0v) is 20.3. The summed E-state index contributed by atoms with van der Waals surface area (Å²) >= 11 is 5.79. The number of amides is 2. The molecule has 0 bridgehead atoms. The lowest BCUT2D eigenvalue weighted by Gasteiger charge is -2.30. The second kappa shape index (κ2) is 10.3. The molecule has 2 amide bonds. The summed E-state index contributed by atoms with van der Waals surface area (Å²) in [5.74, 6) is 0.441. The molecule has 3 heterocycles. The van der Waals surface area contributed by atoms with Gasteiger partial charge < -0.3 is 10.2 Å². The molecule has 36 heavy (non-hydrogen) atoms. The number of nitrogens with zero attached hydrogens (tertiary/aromatic N) is 5. The molecule has 4 rings (SSSR count). The first-order valence-corrected chi connectivity index (χ1v) is 11.7. The largest absolute Gasteiger partial charge is 0.416 e. The fourth-order valence-corrected chi connectivity index (χ4v) is 4.22. The molecule has 12 heteroatoms. The molecular formula is C24H24ClF3N6O2. The Bertz CT molecular complexity index is 1250. The number of benzene rings is 1. The van der Waals surface area contributed by atoms with Crippen molar-refractivity contribution >= 4 is 23.4 Å². The van der Waals surface area contributed by atoms with Crippen LogP contribution in [0.3, 0.4) is 0 Å². The van der Waals surface area contributed by atoms with Crippen LogP contribution >= 0.6 is 11.6 Å². The van der Waals surface area contributed by atoms with Crippen molar-refractivity contribution in [2.24, 2.45) is 5.92 Å². The van der Waals surface area contributed by atoms with Gasteiger partial charge in [0.15, 0.2) is 11.6 Å². The third-order valence-electron chi connectivity index (χ3n) is 6.08. The van der Waals surface area contributed by atoms with Gasteiger partial charge in [-0.05, 0) is 56.0 Å². The summed E-state index contributed by atoms with van der Waals surface area (Å²) in [6.45, 7) is 5.21. The van der Waals surface area contributed by atoms with E-state index in [4.69, 9.17) is 11.6 Å². The van der Waals surface area contributed by atoms with Gasteiger partial charge in [-0.25, -0.2) is 9.97 Å². The summed E-state index contributed by atoms with van der Waals surface area (Å²) < 4.78 is 40.7. The van der Waals surface area contributed by atoms with E-state index in [9.17, 15) is 22.8 Å². The number of piperidine rings is 1. The van der Waals surface area contributed by atoms with Crippen LogP contribution in [0.5, 0.6) is 0 Å². The number of nitrogens with one attached hydrogen (secondary N) is 1. The van der Waals surface area contributed by atoms with Crippen molar-refractivity contribution in [1.82, 2.24) is 30.0 Å². The molecule has 190 valence electrons. The second-order valence-electron chi connectivity index (χ2n) is 8.83. The van der Waals surface area contributed by atoms with E-state index in [0.29, 0.717) is 36.2 Å². The summed E-state index contributed by atoms with van der Waals surface area (Å²) in [4.78, 5) is 35.8. The molecular weight excluding hydrogens is 497 g/mol. The van der Waals surface area contributed by atoms with Gasteiger partial charge in [0.1, 0.15) is 6.33 Å². The number of carbonyl (C=O) groups excluding carboxylic acids is 2. The van der Waals surface area contributed by atoms with Gasteiger partial charge in [-0.1, -0.05) is 18.5 Å². The Morgan fingerprint density at radius 2 is 1.83 bits per heavy atom. The van der Waals surface area contributed by atoms with Crippen LogP contribution in [0, 0.1) is 5.92 Å². The summed E-state index contributed by atoms with van der Waals surface area (Å²) in [5, 5.41) is 6.56. The van der Waals surface area contributed by atoms with Crippen LogP contribution in [0.4, 0.5) is 13.2 Å². The Hall–Kier alpha value is -3.47. The number of hydrogen-bond acceptors (Lipinski definition) is 5. The third kappa shape index (κ3) is 5.67. The fraction of sp³-hybridized carbons (Fsp3) is 0.375. The Morgan fingerprint density at radius 3 is 2.47 bits per heavy atom. The maximum absolute atomic E-state index is 13.1. The minimum atomic E-state index is -4.64. The van der Waals surface area contributed by atoms with Gasteiger partial charge in [0.2, 0.25) is 0 Å². The van der Waals surface area contributed by atoms with E-state index in [1.165, 1.54) is 17.2 Å². The Kier molecular flexibility index (Phi) is 7.30. The predicted molar refractivity (Wildman–Crippen MR) is 126 cm³/mol. The number of pyridine rings is 1. The molecule has 0 radical (unpaired) electrons. The Morgan fingerprint density at radius 1 is 1.11 bits per heavy atom. The first kappa shape index (κ1) is 25.6. The molecule has 1 N–H and O–H groups in total. The van der Waals surface area contributed by atoms with Crippen molar-refractivity contribution in [3.63, 3.8) is 0 Å². The average Bonchev–Trinajstić information content (AvgIpc) is 3.33. The van der Waals surface area contributed by atoms with Crippen molar-refractivity contribution < 1.29 is 22.8 Å². The van der Waals surface area contributed by atoms with Gasteiger partial charge in [-0.2, -0.15) is 23.0 Å². The fourth-order valence-electron chi connectivity index (χ4n) is 3.98. The zero-order valence-electron chi connectivity index (χ0n) is 19.6. The van der Waals surface area contributed by atoms with Crippen molar-refractivity contribution in [3.8, 4) is 5.82 Å². The first-order chi connectivity index (χ1) is 17.0. The van der Waals surface area contributed by atoms with Crippen molar-refractivity contribution in [1.29, 1.82) is 0 Å². The second-order valence-corrected chi connectivity index (χ2v) is 9.27. The van der Waals surface area contributed by atoms with E-state index in [0.717, 1.165) is 31.0 Å². The number of likely N-dealkylation sites (tertiary alicyclic amines) is 1. The summed E-state index contributed by atoms with van der Waals surface area (Å²) in [6.07, 6.45) is 0.0347. The van der Waals surface area contributed by atoms with Crippen molar-refractivity contribution in [2.75, 3.05) is 13.1 Å². The molecule has 1 aliphatic rings. The normalized spacial score (nSPS) is 15.6. The number of alkyl halides is 3. The van der Waals surface area contributed by atoms with Gasteiger partial charge in [0.05, 0.1) is 17.2 Å².